The second-order valence-corrected chi connectivity index (χ2v) is 2.93. The van der Waals surface area contributed by atoms with Crippen LogP contribution < -0.4 is 0 Å². The van der Waals surface area contributed by atoms with Crippen molar-refractivity contribution in [2.45, 2.75) is 0 Å². The Morgan fingerprint density at radius 3 is 2.38 bits per heavy atom. The van der Waals surface area contributed by atoms with Crippen LogP contribution in [0.4, 0.5) is 0 Å². The van der Waals surface area contributed by atoms with Gasteiger partial charge in [-0.1, -0.05) is 0 Å². The predicted molar refractivity (Wildman–Crippen MR) is 50.6 cm³/mol. The Morgan fingerprint density at radius 2 is 1.69 bits per heavy atom. The fraction of sp³-hybridized carbons (Fsp3) is 0. The molecular weight excluding hydrogens is 210 g/mol. The first-order valence-corrected chi connectivity index (χ1v) is 4.38. The highest BCUT2D eigenvalue weighted by Gasteiger charge is 2.07. The molecule has 0 aromatic carbocycles. The monoisotopic (exact) mass is 215 g/mol. The minimum atomic E-state index is 0.495. The molecule has 0 saturated heterocycles. The van der Waals surface area contributed by atoms with Crippen LogP contribution in [0.5, 0.6) is 0 Å². The van der Waals surface area contributed by atoms with E-state index in [1.165, 1.54) is 0 Å². The summed E-state index contributed by atoms with van der Waals surface area (Å²) in [6.45, 7) is 0. The largest absolute Gasteiger partial charge is 0.253 e. The molecule has 0 aliphatic carbocycles. The third-order valence-corrected chi connectivity index (χ3v) is 1.97. The molecule has 16 heavy (non-hydrogen) atoms. The second-order valence-electron chi connectivity index (χ2n) is 2.93. The number of pyridine rings is 1. The van der Waals surface area contributed by atoms with Gasteiger partial charge in [-0.25, -0.2) is 10.2 Å². The van der Waals surface area contributed by atoms with Crippen molar-refractivity contribution in [2.75, 3.05) is 0 Å². The minimum absolute atomic E-state index is 0.495. The van der Waals surface area contributed by atoms with Gasteiger partial charge in [0.15, 0.2) is 11.6 Å². The van der Waals surface area contributed by atoms with Gasteiger partial charge in [-0.05, 0) is 33.0 Å². The van der Waals surface area contributed by atoms with Gasteiger partial charge >= 0.3 is 0 Å². The number of hydrogen-bond acceptors (Lipinski definition) is 7. The number of nitrogens with one attached hydrogen (secondary N) is 2. The summed E-state index contributed by atoms with van der Waals surface area (Å²) in [5.74, 6) is 1.06. The summed E-state index contributed by atoms with van der Waals surface area (Å²) in [5, 5.41) is 26.8. The van der Waals surface area contributed by atoms with E-state index in [0.717, 1.165) is 5.56 Å². The Morgan fingerprint density at radius 1 is 0.938 bits per heavy atom. The summed E-state index contributed by atoms with van der Waals surface area (Å²) in [6.07, 6.45) is 1.63. The van der Waals surface area contributed by atoms with Crippen LogP contribution >= 0.6 is 0 Å². The summed E-state index contributed by atoms with van der Waals surface area (Å²) in [5.41, 5.74) is 1.44. The summed E-state index contributed by atoms with van der Waals surface area (Å²) >= 11 is 0. The zero-order valence-corrected chi connectivity index (χ0v) is 7.86. The lowest BCUT2D eigenvalue weighted by Gasteiger charge is -1.97. The highest BCUT2D eigenvalue weighted by Crippen LogP contribution is 2.17. The standard InChI is InChI=1S/C7H5N9/c1-2-8-5(7-11-15-16-12-7)3-4(1)6-9-13-14-10-6/h1-3H,(H,9,10,13,14)(H,11,12,15,16). The average Bonchev–Trinajstić information content (AvgIpc) is 3.03. The molecule has 2 N–H and O–H groups in total. The van der Waals surface area contributed by atoms with Crippen LogP contribution in [0.1, 0.15) is 0 Å². The topological polar surface area (TPSA) is 122 Å². The first kappa shape index (κ1) is 8.59. The van der Waals surface area contributed by atoms with Gasteiger partial charge in [-0.15, -0.1) is 10.2 Å². The third kappa shape index (κ3) is 1.39. The lowest BCUT2D eigenvalue weighted by Crippen LogP contribution is -1.88. The van der Waals surface area contributed by atoms with E-state index in [4.69, 9.17) is 0 Å². The predicted octanol–water partition coefficient (Wildman–Crippen LogP) is -0.558. The Labute approximate surface area is 88.3 Å². The molecule has 3 aromatic heterocycles. The summed E-state index contributed by atoms with van der Waals surface area (Å²) in [7, 11) is 0. The molecule has 0 bridgehead atoms. The molecule has 9 heteroatoms. The van der Waals surface area contributed by atoms with E-state index in [0.29, 0.717) is 17.3 Å². The minimum Gasteiger partial charge on any atom is -0.253 e. The Balaban J connectivity index is 2.07. The fourth-order valence-corrected chi connectivity index (χ4v) is 1.26. The normalized spacial score (nSPS) is 10.5. The number of aromatic amines is 2. The molecule has 3 rings (SSSR count). The van der Waals surface area contributed by atoms with Crippen LogP contribution in [0.2, 0.25) is 0 Å². The van der Waals surface area contributed by atoms with Gasteiger partial charge in [-0.3, -0.25) is 4.98 Å². The summed E-state index contributed by atoms with van der Waals surface area (Å²) < 4.78 is 0. The number of nitrogens with zero attached hydrogens (tertiary/aromatic N) is 7. The SMILES string of the molecule is c1cc(-c2nnn[nH]2)cc(-c2nnn[nH]2)n1. The lowest BCUT2D eigenvalue weighted by atomic mass is 10.2. The highest BCUT2D eigenvalue weighted by molar-refractivity contribution is 5.61. The maximum atomic E-state index is 4.14. The van der Waals surface area contributed by atoms with Gasteiger partial charge in [-0.2, -0.15) is 0 Å². The van der Waals surface area contributed by atoms with Gasteiger partial charge in [0, 0.05) is 11.8 Å². The fourth-order valence-electron chi connectivity index (χ4n) is 1.26. The van der Waals surface area contributed by atoms with E-state index >= 15 is 0 Å². The van der Waals surface area contributed by atoms with Crippen molar-refractivity contribution in [2.24, 2.45) is 0 Å². The van der Waals surface area contributed by atoms with Crippen molar-refractivity contribution in [3.63, 3.8) is 0 Å². The summed E-state index contributed by atoms with van der Waals surface area (Å²) in [6, 6.07) is 3.57. The van der Waals surface area contributed by atoms with Crippen molar-refractivity contribution < 1.29 is 0 Å². The maximum absolute atomic E-state index is 4.14. The van der Waals surface area contributed by atoms with Gasteiger partial charge in [0.2, 0.25) is 0 Å². The van der Waals surface area contributed by atoms with Gasteiger partial charge in [0.1, 0.15) is 5.69 Å². The van der Waals surface area contributed by atoms with Crippen LogP contribution in [0.15, 0.2) is 18.3 Å². The molecule has 0 radical (unpaired) electrons. The first-order chi connectivity index (χ1) is 7.93. The Kier molecular flexibility index (Phi) is 1.85. The molecule has 0 spiro atoms. The summed E-state index contributed by atoms with van der Waals surface area (Å²) in [4.78, 5) is 4.14. The quantitative estimate of drug-likeness (QED) is 0.587. The van der Waals surface area contributed by atoms with Gasteiger partial charge < -0.3 is 0 Å². The van der Waals surface area contributed by atoms with Crippen LogP contribution in [0, 0.1) is 0 Å². The van der Waals surface area contributed by atoms with Crippen LogP contribution in [0.25, 0.3) is 22.9 Å². The smallest absolute Gasteiger partial charge is 0.198 e. The van der Waals surface area contributed by atoms with Crippen LogP contribution in [0.3, 0.4) is 0 Å². The first-order valence-electron chi connectivity index (χ1n) is 4.38. The van der Waals surface area contributed by atoms with Crippen LogP contribution in [-0.4, -0.2) is 46.2 Å². The van der Waals surface area contributed by atoms with E-state index in [2.05, 4.69) is 46.2 Å². The molecule has 0 aliphatic heterocycles. The highest BCUT2D eigenvalue weighted by atomic mass is 15.5. The second kappa shape index (κ2) is 3.46. The van der Waals surface area contributed by atoms with E-state index in [1.807, 2.05) is 0 Å². The molecule has 3 aromatic rings. The molecule has 78 valence electrons. The van der Waals surface area contributed by atoms with Gasteiger partial charge in [0.05, 0.1) is 0 Å². The van der Waals surface area contributed by atoms with E-state index in [9.17, 15) is 0 Å². The van der Waals surface area contributed by atoms with E-state index in [1.54, 1.807) is 18.3 Å². The number of aromatic nitrogens is 9. The maximum Gasteiger partial charge on any atom is 0.198 e. The number of rotatable bonds is 2. The van der Waals surface area contributed by atoms with Crippen molar-refractivity contribution >= 4 is 0 Å². The molecule has 0 fully saturated rings. The van der Waals surface area contributed by atoms with E-state index in [-0.39, 0.29) is 0 Å². The molecule has 9 nitrogen and oxygen atoms in total. The molecule has 0 saturated carbocycles. The van der Waals surface area contributed by atoms with E-state index < -0.39 is 0 Å². The lowest BCUT2D eigenvalue weighted by molar-refractivity contribution is 0.881. The third-order valence-electron chi connectivity index (χ3n) is 1.97. The Hall–Kier alpha value is -2.71. The van der Waals surface area contributed by atoms with Crippen molar-refractivity contribution in [1.82, 2.24) is 46.2 Å². The zero-order chi connectivity index (χ0) is 10.8. The molecule has 0 aliphatic rings. The molecular formula is C7H5N9. The average molecular weight is 215 g/mol. The number of hydrogen-bond donors (Lipinski definition) is 2. The van der Waals surface area contributed by atoms with Crippen molar-refractivity contribution in [1.29, 1.82) is 0 Å². The molecule has 3 heterocycles. The molecule has 0 atom stereocenters. The van der Waals surface area contributed by atoms with Crippen molar-refractivity contribution in [3.05, 3.63) is 18.3 Å². The molecule has 0 unspecified atom stereocenters. The molecule has 0 amide bonds. The zero-order valence-electron chi connectivity index (χ0n) is 7.86. The Bertz CT molecular complexity index is 520. The van der Waals surface area contributed by atoms with Crippen LogP contribution in [-0.2, 0) is 0 Å². The van der Waals surface area contributed by atoms with Crippen molar-refractivity contribution in [3.8, 4) is 22.9 Å². The number of H-pyrrole nitrogens is 2. The van der Waals surface area contributed by atoms with Gasteiger partial charge in [0.25, 0.3) is 0 Å². The number of tetrazole rings is 2.